The first-order valence-electron chi connectivity index (χ1n) is 9.94. The van der Waals surface area contributed by atoms with Gasteiger partial charge in [0.2, 0.25) is 0 Å². The number of benzene rings is 1. The van der Waals surface area contributed by atoms with Gasteiger partial charge in [-0.15, -0.1) is 22.7 Å². The lowest BCUT2D eigenvalue weighted by Gasteiger charge is -2.08. The monoisotopic (exact) mass is 441 g/mol. The van der Waals surface area contributed by atoms with Crippen molar-refractivity contribution in [3.8, 4) is 5.75 Å². The van der Waals surface area contributed by atoms with Crippen LogP contribution in [0.2, 0.25) is 0 Å². The fourth-order valence-corrected chi connectivity index (χ4v) is 5.11. The SMILES string of the molecule is Cc1nc(COc2ccc(C(=O)NNC(=O)c3cc4c(s3)CCCCC4)cc2)cs1. The number of fused-ring (bicyclic) bond motifs is 1. The number of hydrogen-bond acceptors (Lipinski definition) is 6. The molecular formula is C22H23N3O3S2. The van der Waals surface area contributed by atoms with Crippen LogP contribution in [-0.4, -0.2) is 16.8 Å². The summed E-state index contributed by atoms with van der Waals surface area (Å²) in [5.74, 6) is 0.00408. The zero-order valence-corrected chi connectivity index (χ0v) is 18.3. The molecule has 2 heterocycles. The number of nitrogens with zero attached hydrogens (tertiary/aromatic N) is 1. The molecule has 0 unspecified atom stereocenters. The maximum atomic E-state index is 12.4. The second kappa shape index (κ2) is 9.40. The number of aromatic nitrogens is 1. The number of amides is 2. The van der Waals surface area contributed by atoms with E-state index in [0.717, 1.165) is 23.5 Å². The highest BCUT2D eigenvalue weighted by atomic mass is 32.1. The highest BCUT2D eigenvalue weighted by Gasteiger charge is 2.17. The van der Waals surface area contributed by atoms with E-state index in [0.29, 0.717) is 22.8 Å². The standard InChI is InChI=1S/C22H23N3O3S2/c1-14-23-17(13-29-14)12-28-18-9-7-15(8-10-18)21(26)24-25-22(27)20-11-16-5-3-2-4-6-19(16)30-20/h7-11,13H,2-6,12H2,1H3,(H,24,26)(H,25,27). The average Bonchev–Trinajstić information content (AvgIpc) is 3.30. The summed E-state index contributed by atoms with van der Waals surface area (Å²) < 4.78 is 5.69. The summed E-state index contributed by atoms with van der Waals surface area (Å²) in [5.41, 5.74) is 7.60. The van der Waals surface area contributed by atoms with Crippen LogP contribution in [0, 0.1) is 6.92 Å². The van der Waals surface area contributed by atoms with Gasteiger partial charge in [0.15, 0.2) is 0 Å². The van der Waals surface area contributed by atoms with Gasteiger partial charge in [-0.2, -0.15) is 0 Å². The minimum absolute atomic E-state index is 0.278. The molecule has 6 nitrogen and oxygen atoms in total. The van der Waals surface area contributed by atoms with E-state index in [4.69, 9.17) is 4.74 Å². The molecule has 0 spiro atoms. The van der Waals surface area contributed by atoms with E-state index in [9.17, 15) is 9.59 Å². The molecule has 3 aromatic rings. The normalized spacial score (nSPS) is 13.2. The Balaban J connectivity index is 1.28. The molecule has 0 atom stereocenters. The summed E-state index contributed by atoms with van der Waals surface area (Å²) in [6.07, 6.45) is 5.66. The van der Waals surface area contributed by atoms with Crippen molar-refractivity contribution in [1.82, 2.24) is 15.8 Å². The second-order valence-corrected chi connectivity index (χ2v) is 9.40. The molecule has 0 saturated heterocycles. The Labute approximate surface area is 183 Å². The Morgan fingerprint density at radius 2 is 1.83 bits per heavy atom. The summed E-state index contributed by atoms with van der Waals surface area (Å²) in [7, 11) is 0. The second-order valence-electron chi connectivity index (χ2n) is 7.20. The molecule has 8 heteroatoms. The van der Waals surface area contributed by atoms with Gasteiger partial charge in [0.25, 0.3) is 11.8 Å². The number of thiophene rings is 1. The molecule has 2 N–H and O–H groups in total. The fourth-order valence-electron chi connectivity index (χ4n) is 3.36. The lowest BCUT2D eigenvalue weighted by molar-refractivity contribution is 0.0849. The van der Waals surface area contributed by atoms with E-state index in [1.165, 1.54) is 41.0 Å². The quantitative estimate of drug-likeness (QED) is 0.453. The number of hydrogen-bond donors (Lipinski definition) is 2. The van der Waals surface area contributed by atoms with Crippen molar-refractivity contribution in [1.29, 1.82) is 0 Å². The number of ether oxygens (including phenoxy) is 1. The van der Waals surface area contributed by atoms with Gasteiger partial charge in [-0.3, -0.25) is 20.4 Å². The Bertz CT molecular complexity index is 1020. The lowest BCUT2D eigenvalue weighted by atomic mass is 10.1. The molecule has 0 aliphatic heterocycles. The van der Waals surface area contributed by atoms with Crippen LogP contribution in [-0.2, 0) is 19.4 Å². The number of thiazole rings is 1. The van der Waals surface area contributed by atoms with Gasteiger partial charge in [-0.05, 0) is 68.5 Å². The minimum Gasteiger partial charge on any atom is -0.487 e. The number of carbonyl (C=O) groups is 2. The van der Waals surface area contributed by atoms with Gasteiger partial charge >= 0.3 is 0 Å². The zero-order chi connectivity index (χ0) is 20.9. The van der Waals surface area contributed by atoms with Crippen molar-refractivity contribution in [3.05, 3.63) is 67.3 Å². The maximum absolute atomic E-state index is 12.4. The topological polar surface area (TPSA) is 80.3 Å². The Morgan fingerprint density at radius 1 is 1.07 bits per heavy atom. The van der Waals surface area contributed by atoms with Crippen LogP contribution in [0.5, 0.6) is 5.75 Å². The molecule has 2 amide bonds. The molecule has 4 rings (SSSR count). The van der Waals surface area contributed by atoms with Crippen molar-refractivity contribution in [3.63, 3.8) is 0 Å². The first-order chi connectivity index (χ1) is 14.6. The maximum Gasteiger partial charge on any atom is 0.279 e. The molecule has 156 valence electrons. The zero-order valence-electron chi connectivity index (χ0n) is 16.7. The molecule has 0 bridgehead atoms. The minimum atomic E-state index is -0.372. The molecule has 1 aliphatic rings. The summed E-state index contributed by atoms with van der Waals surface area (Å²) >= 11 is 3.11. The molecular weight excluding hydrogens is 418 g/mol. The molecule has 0 saturated carbocycles. The van der Waals surface area contributed by atoms with Crippen LogP contribution >= 0.6 is 22.7 Å². The van der Waals surface area contributed by atoms with E-state index in [-0.39, 0.29) is 11.8 Å². The van der Waals surface area contributed by atoms with Gasteiger partial charge in [-0.25, -0.2) is 4.98 Å². The first-order valence-corrected chi connectivity index (χ1v) is 11.6. The molecule has 0 radical (unpaired) electrons. The van der Waals surface area contributed by atoms with Crippen molar-refractivity contribution in [2.24, 2.45) is 0 Å². The van der Waals surface area contributed by atoms with E-state index in [1.807, 2.05) is 18.4 Å². The Kier molecular flexibility index (Phi) is 6.44. The third-order valence-electron chi connectivity index (χ3n) is 4.93. The van der Waals surface area contributed by atoms with Crippen LogP contribution in [0.4, 0.5) is 0 Å². The number of nitrogens with one attached hydrogen (secondary N) is 2. The highest BCUT2D eigenvalue weighted by molar-refractivity contribution is 7.14. The predicted octanol–water partition coefficient (Wildman–Crippen LogP) is 4.44. The Morgan fingerprint density at radius 3 is 2.60 bits per heavy atom. The number of rotatable bonds is 5. The molecule has 1 aromatic carbocycles. The summed E-state index contributed by atoms with van der Waals surface area (Å²) in [6.45, 7) is 2.34. The third-order valence-corrected chi connectivity index (χ3v) is 6.99. The fraction of sp³-hybridized carbons (Fsp3) is 0.318. The van der Waals surface area contributed by atoms with Crippen LogP contribution < -0.4 is 15.6 Å². The average molecular weight is 442 g/mol. The van der Waals surface area contributed by atoms with Crippen LogP contribution in [0.1, 0.15) is 60.4 Å². The first kappa shape index (κ1) is 20.6. The predicted molar refractivity (Wildman–Crippen MR) is 118 cm³/mol. The largest absolute Gasteiger partial charge is 0.487 e. The number of aryl methyl sites for hydroxylation is 3. The van der Waals surface area contributed by atoms with Crippen molar-refractivity contribution in [2.45, 2.75) is 45.6 Å². The molecule has 1 aliphatic carbocycles. The molecule has 0 fully saturated rings. The summed E-state index contributed by atoms with van der Waals surface area (Å²) in [4.78, 5) is 31.1. The lowest BCUT2D eigenvalue weighted by Crippen LogP contribution is -2.41. The van der Waals surface area contributed by atoms with Gasteiger partial charge in [0.1, 0.15) is 12.4 Å². The highest BCUT2D eigenvalue weighted by Crippen LogP contribution is 2.28. The van der Waals surface area contributed by atoms with Crippen LogP contribution in [0.15, 0.2) is 35.7 Å². The van der Waals surface area contributed by atoms with Crippen molar-refractivity contribution >= 4 is 34.5 Å². The van der Waals surface area contributed by atoms with Gasteiger partial charge < -0.3 is 4.74 Å². The summed E-state index contributed by atoms with van der Waals surface area (Å²) in [5, 5.41) is 2.96. The van der Waals surface area contributed by atoms with Gasteiger partial charge in [0, 0.05) is 15.8 Å². The van der Waals surface area contributed by atoms with E-state index in [1.54, 1.807) is 35.6 Å². The van der Waals surface area contributed by atoms with E-state index >= 15 is 0 Å². The molecule has 30 heavy (non-hydrogen) atoms. The molecule has 2 aromatic heterocycles. The van der Waals surface area contributed by atoms with Gasteiger partial charge in [0.05, 0.1) is 15.6 Å². The number of carbonyl (C=O) groups excluding carboxylic acids is 2. The van der Waals surface area contributed by atoms with Crippen molar-refractivity contribution in [2.75, 3.05) is 0 Å². The van der Waals surface area contributed by atoms with Gasteiger partial charge in [-0.1, -0.05) is 6.42 Å². The van der Waals surface area contributed by atoms with E-state index in [2.05, 4.69) is 15.8 Å². The van der Waals surface area contributed by atoms with Crippen LogP contribution in [0.25, 0.3) is 0 Å². The third kappa shape index (κ3) is 5.06. The van der Waals surface area contributed by atoms with Crippen LogP contribution in [0.3, 0.4) is 0 Å². The van der Waals surface area contributed by atoms with E-state index < -0.39 is 0 Å². The Hall–Kier alpha value is -2.71. The number of hydrazine groups is 1. The summed E-state index contributed by atoms with van der Waals surface area (Å²) in [6, 6.07) is 8.74. The van der Waals surface area contributed by atoms with Crippen molar-refractivity contribution < 1.29 is 14.3 Å². The smallest absolute Gasteiger partial charge is 0.279 e.